The van der Waals surface area contributed by atoms with Gasteiger partial charge < -0.3 is 10.6 Å². The SMILES string of the molecule is CSCc1cc(C(=O)NCc2cn(C3CCNC3)nn2)ccc1F. The molecule has 0 saturated carbocycles. The lowest BCUT2D eigenvalue weighted by molar-refractivity contribution is 0.0950. The van der Waals surface area contributed by atoms with Crippen molar-refractivity contribution in [2.75, 3.05) is 19.3 Å². The van der Waals surface area contributed by atoms with Crippen molar-refractivity contribution >= 4 is 17.7 Å². The molecule has 1 atom stereocenters. The normalized spacial score (nSPS) is 17.2. The molecule has 1 unspecified atom stereocenters. The molecule has 1 aliphatic rings. The van der Waals surface area contributed by atoms with E-state index >= 15 is 0 Å². The first-order valence-electron chi connectivity index (χ1n) is 7.84. The Morgan fingerprint density at radius 2 is 2.42 bits per heavy atom. The molecule has 2 N–H and O–H groups in total. The third-order valence-electron chi connectivity index (χ3n) is 4.00. The fourth-order valence-electron chi connectivity index (χ4n) is 2.69. The zero-order valence-corrected chi connectivity index (χ0v) is 14.3. The Hall–Kier alpha value is -1.93. The van der Waals surface area contributed by atoms with E-state index in [1.807, 2.05) is 17.1 Å². The van der Waals surface area contributed by atoms with E-state index in [0.29, 0.717) is 35.2 Å². The number of nitrogens with one attached hydrogen (secondary N) is 2. The van der Waals surface area contributed by atoms with Gasteiger partial charge in [0.25, 0.3) is 5.91 Å². The predicted octanol–water partition coefficient (Wildman–Crippen LogP) is 1.74. The molecule has 8 heteroatoms. The van der Waals surface area contributed by atoms with Crippen LogP contribution in [0, 0.1) is 5.82 Å². The number of aromatic nitrogens is 3. The van der Waals surface area contributed by atoms with Crippen LogP contribution >= 0.6 is 11.8 Å². The summed E-state index contributed by atoms with van der Waals surface area (Å²) < 4.78 is 15.5. The van der Waals surface area contributed by atoms with Crippen LogP contribution in [0.2, 0.25) is 0 Å². The highest BCUT2D eigenvalue weighted by Gasteiger charge is 2.18. The molecule has 1 amide bonds. The van der Waals surface area contributed by atoms with Gasteiger partial charge in [0.1, 0.15) is 11.5 Å². The third kappa shape index (κ3) is 3.93. The second-order valence-corrected chi connectivity index (χ2v) is 6.62. The highest BCUT2D eigenvalue weighted by molar-refractivity contribution is 7.97. The zero-order valence-electron chi connectivity index (χ0n) is 13.5. The minimum atomic E-state index is -0.283. The van der Waals surface area contributed by atoms with Gasteiger partial charge in [-0.3, -0.25) is 4.79 Å². The molecule has 1 aliphatic heterocycles. The lowest BCUT2D eigenvalue weighted by Crippen LogP contribution is -2.23. The molecule has 24 heavy (non-hydrogen) atoms. The molecule has 1 aromatic carbocycles. The molecule has 2 heterocycles. The first-order valence-corrected chi connectivity index (χ1v) is 9.23. The Morgan fingerprint density at radius 1 is 1.54 bits per heavy atom. The van der Waals surface area contributed by atoms with E-state index < -0.39 is 0 Å². The molecule has 2 aromatic rings. The largest absolute Gasteiger partial charge is 0.346 e. The van der Waals surface area contributed by atoms with E-state index in [1.165, 1.54) is 23.9 Å². The van der Waals surface area contributed by atoms with Crippen molar-refractivity contribution < 1.29 is 9.18 Å². The number of carbonyl (C=O) groups excluding carboxylic acids is 1. The number of thioether (sulfide) groups is 1. The average molecular weight is 349 g/mol. The lowest BCUT2D eigenvalue weighted by Gasteiger charge is -2.07. The number of hydrogen-bond acceptors (Lipinski definition) is 5. The van der Waals surface area contributed by atoms with Crippen molar-refractivity contribution in [1.82, 2.24) is 25.6 Å². The quantitative estimate of drug-likeness (QED) is 0.831. The fraction of sp³-hybridized carbons (Fsp3) is 0.438. The summed E-state index contributed by atoms with van der Waals surface area (Å²) in [6.45, 7) is 2.18. The molecular formula is C16H20FN5OS. The average Bonchev–Trinajstić information content (AvgIpc) is 3.26. The van der Waals surface area contributed by atoms with Gasteiger partial charge in [-0.25, -0.2) is 9.07 Å². The molecule has 0 spiro atoms. The van der Waals surface area contributed by atoms with Crippen LogP contribution in [-0.2, 0) is 12.3 Å². The van der Waals surface area contributed by atoms with Gasteiger partial charge in [0.2, 0.25) is 0 Å². The van der Waals surface area contributed by atoms with Crippen LogP contribution in [0.5, 0.6) is 0 Å². The molecule has 0 aliphatic carbocycles. The summed E-state index contributed by atoms with van der Waals surface area (Å²) in [5.74, 6) is 0.0138. The number of amides is 1. The Balaban J connectivity index is 1.60. The summed E-state index contributed by atoms with van der Waals surface area (Å²) in [6, 6.07) is 4.76. The van der Waals surface area contributed by atoms with Crippen molar-refractivity contribution in [2.45, 2.75) is 24.8 Å². The van der Waals surface area contributed by atoms with Gasteiger partial charge in [0.15, 0.2) is 0 Å². The number of nitrogens with zero attached hydrogens (tertiary/aromatic N) is 3. The van der Waals surface area contributed by atoms with Crippen LogP contribution in [0.1, 0.15) is 34.1 Å². The number of hydrogen-bond donors (Lipinski definition) is 2. The molecule has 3 rings (SSSR count). The standard InChI is InChI=1S/C16H20FN5OS/c1-24-10-12-6-11(2-3-15(12)17)16(23)19-7-13-9-22(21-20-13)14-4-5-18-8-14/h2-3,6,9,14,18H,4-5,7-8,10H2,1H3,(H,19,23). The van der Waals surface area contributed by atoms with Crippen LogP contribution in [-0.4, -0.2) is 40.2 Å². The monoisotopic (exact) mass is 349 g/mol. The van der Waals surface area contributed by atoms with Gasteiger partial charge in [-0.2, -0.15) is 11.8 Å². The van der Waals surface area contributed by atoms with Crippen molar-refractivity contribution in [2.24, 2.45) is 0 Å². The highest BCUT2D eigenvalue weighted by atomic mass is 32.2. The van der Waals surface area contributed by atoms with Crippen molar-refractivity contribution in [3.63, 3.8) is 0 Å². The minimum Gasteiger partial charge on any atom is -0.346 e. The van der Waals surface area contributed by atoms with E-state index in [4.69, 9.17) is 0 Å². The zero-order chi connectivity index (χ0) is 16.9. The van der Waals surface area contributed by atoms with Crippen LogP contribution < -0.4 is 10.6 Å². The van der Waals surface area contributed by atoms with Gasteiger partial charge in [0, 0.05) is 17.9 Å². The summed E-state index contributed by atoms with van der Waals surface area (Å²) in [5, 5.41) is 14.3. The smallest absolute Gasteiger partial charge is 0.251 e. The summed E-state index contributed by atoms with van der Waals surface area (Å²) in [4.78, 5) is 12.2. The molecule has 1 aromatic heterocycles. The molecule has 0 bridgehead atoms. The van der Waals surface area contributed by atoms with E-state index in [0.717, 1.165) is 19.5 Å². The van der Waals surface area contributed by atoms with Gasteiger partial charge in [-0.1, -0.05) is 5.21 Å². The van der Waals surface area contributed by atoms with E-state index in [9.17, 15) is 9.18 Å². The van der Waals surface area contributed by atoms with Crippen LogP contribution in [0.15, 0.2) is 24.4 Å². The molecule has 1 saturated heterocycles. The molecule has 0 radical (unpaired) electrons. The first-order chi connectivity index (χ1) is 11.7. The maximum absolute atomic E-state index is 13.7. The summed E-state index contributed by atoms with van der Waals surface area (Å²) >= 11 is 1.52. The highest BCUT2D eigenvalue weighted by Crippen LogP contribution is 2.16. The lowest BCUT2D eigenvalue weighted by atomic mass is 10.1. The van der Waals surface area contributed by atoms with Gasteiger partial charge >= 0.3 is 0 Å². The van der Waals surface area contributed by atoms with E-state index in [2.05, 4.69) is 20.9 Å². The Kier molecular flexibility index (Phi) is 5.47. The third-order valence-corrected chi connectivity index (χ3v) is 4.60. The number of benzene rings is 1. The Bertz CT molecular complexity index is 714. The van der Waals surface area contributed by atoms with E-state index in [1.54, 1.807) is 6.07 Å². The summed E-state index contributed by atoms with van der Waals surface area (Å²) in [5.41, 5.74) is 1.70. The van der Waals surface area contributed by atoms with Gasteiger partial charge in [-0.15, -0.1) is 5.10 Å². The minimum absolute atomic E-state index is 0.241. The first kappa shape index (κ1) is 16.9. The molecular weight excluding hydrogens is 329 g/mol. The second kappa shape index (κ2) is 7.76. The maximum atomic E-state index is 13.7. The number of rotatable bonds is 6. The van der Waals surface area contributed by atoms with Gasteiger partial charge in [-0.05, 0) is 43.0 Å². The Labute approximate surface area is 144 Å². The molecule has 6 nitrogen and oxygen atoms in total. The van der Waals surface area contributed by atoms with Crippen molar-refractivity contribution in [1.29, 1.82) is 0 Å². The second-order valence-electron chi connectivity index (χ2n) is 5.76. The Morgan fingerprint density at radius 3 is 3.17 bits per heavy atom. The maximum Gasteiger partial charge on any atom is 0.251 e. The number of carbonyl (C=O) groups is 1. The molecule has 128 valence electrons. The number of halogens is 1. The topological polar surface area (TPSA) is 71.8 Å². The predicted molar refractivity (Wildman–Crippen MR) is 91.3 cm³/mol. The fourth-order valence-corrected chi connectivity index (χ4v) is 3.23. The van der Waals surface area contributed by atoms with Crippen LogP contribution in [0.3, 0.4) is 0 Å². The molecule has 1 fully saturated rings. The van der Waals surface area contributed by atoms with E-state index in [-0.39, 0.29) is 11.7 Å². The van der Waals surface area contributed by atoms with Crippen molar-refractivity contribution in [3.8, 4) is 0 Å². The van der Waals surface area contributed by atoms with Crippen molar-refractivity contribution in [3.05, 3.63) is 47.0 Å². The van der Waals surface area contributed by atoms with Crippen LogP contribution in [0.25, 0.3) is 0 Å². The van der Waals surface area contributed by atoms with Gasteiger partial charge in [0.05, 0.1) is 18.8 Å². The summed E-state index contributed by atoms with van der Waals surface area (Å²) in [7, 11) is 0. The van der Waals surface area contributed by atoms with Crippen LogP contribution in [0.4, 0.5) is 4.39 Å². The summed E-state index contributed by atoms with van der Waals surface area (Å²) in [6.07, 6.45) is 4.79.